The SMILES string of the molecule is CCCCN1CCC[C@H]1c1cccnc1N1CCCC1. The number of nitrogens with zero attached hydrogens (tertiary/aromatic N) is 3. The van der Waals surface area contributed by atoms with Gasteiger partial charge in [-0.3, -0.25) is 4.90 Å². The second kappa shape index (κ2) is 6.57. The highest BCUT2D eigenvalue weighted by Gasteiger charge is 2.29. The van der Waals surface area contributed by atoms with E-state index in [-0.39, 0.29) is 0 Å². The number of unbranched alkanes of at least 4 members (excludes halogenated alkanes) is 1. The summed E-state index contributed by atoms with van der Waals surface area (Å²) in [6.07, 6.45) is 9.84. The summed E-state index contributed by atoms with van der Waals surface area (Å²) in [4.78, 5) is 9.89. The minimum Gasteiger partial charge on any atom is -0.356 e. The van der Waals surface area contributed by atoms with Gasteiger partial charge < -0.3 is 4.90 Å². The highest BCUT2D eigenvalue weighted by atomic mass is 15.2. The van der Waals surface area contributed by atoms with Gasteiger partial charge in [-0.25, -0.2) is 4.98 Å². The van der Waals surface area contributed by atoms with Crippen molar-refractivity contribution in [3.63, 3.8) is 0 Å². The molecule has 0 spiro atoms. The van der Waals surface area contributed by atoms with Crippen molar-refractivity contribution in [2.45, 2.75) is 51.5 Å². The lowest BCUT2D eigenvalue weighted by Crippen LogP contribution is -2.27. The lowest BCUT2D eigenvalue weighted by molar-refractivity contribution is 0.253. The molecule has 2 saturated heterocycles. The van der Waals surface area contributed by atoms with Crippen molar-refractivity contribution >= 4 is 5.82 Å². The zero-order valence-electron chi connectivity index (χ0n) is 12.7. The highest BCUT2D eigenvalue weighted by Crippen LogP contribution is 2.37. The van der Waals surface area contributed by atoms with Crippen LogP contribution in [0.15, 0.2) is 18.3 Å². The Morgan fingerprint density at radius 1 is 1.20 bits per heavy atom. The Hall–Kier alpha value is -1.09. The maximum absolute atomic E-state index is 4.72. The fourth-order valence-corrected chi connectivity index (χ4v) is 3.67. The Balaban J connectivity index is 1.81. The van der Waals surface area contributed by atoms with E-state index in [1.54, 1.807) is 0 Å². The van der Waals surface area contributed by atoms with Gasteiger partial charge in [0.15, 0.2) is 0 Å². The summed E-state index contributed by atoms with van der Waals surface area (Å²) in [5, 5.41) is 0. The van der Waals surface area contributed by atoms with Gasteiger partial charge in [-0.2, -0.15) is 0 Å². The fraction of sp³-hybridized carbons (Fsp3) is 0.706. The van der Waals surface area contributed by atoms with E-state index in [4.69, 9.17) is 4.98 Å². The van der Waals surface area contributed by atoms with Crippen molar-refractivity contribution in [1.82, 2.24) is 9.88 Å². The Bertz CT molecular complexity index is 426. The highest BCUT2D eigenvalue weighted by molar-refractivity contribution is 5.49. The van der Waals surface area contributed by atoms with Crippen LogP contribution in [0.25, 0.3) is 0 Å². The molecule has 0 N–H and O–H groups in total. The summed E-state index contributed by atoms with van der Waals surface area (Å²) in [5.74, 6) is 1.26. The Morgan fingerprint density at radius 2 is 2.05 bits per heavy atom. The molecule has 2 fully saturated rings. The lowest BCUT2D eigenvalue weighted by atomic mass is 10.0. The van der Waals surface area contributed by atoms with E-state index in [2.05, 4.69) is 28.9 Å². The molecule has 0 unspecified atom stereocenters. The van der Waals surface area contributed by atoms with Crippen molar-refractivity contribution in [2.24, 2.45) is 0 Å². The summed E-state index contributed by atoms with van der Waals surface area (Å²) < 4.78 is 0. The molecule has 3 heteroatoms. The topological polar surface area (TPSA) is 19.4 Å². The van der Waals surface area contributed by atoms with Crippen LogP contribution in [0, 0.1) is 0 Å². The lowest BCUT2D eigenvalue weighted by Gasteiger charge is -2.28. The van der Waals surface area contributed by atoms with Crippen LogP contribution in [0.4, 0.5) is 5.82 Å². The zero-order valence-corrected chi connectivity index (χ0v) is 12.7. The van der Waals surface area contributed by atoms with E-state index in [9.17, 15) is 0 Å². The Kier molecular flexibility index (Phi) is 4.56. The number of aromatic nitrogens is 1. The van der Waals surface area contributed by atoms with Gasteiger partial charge in [-0.15, -0.1) is 0 Å². The molecule has 110 valence electrons. The largest absolute Gasteiger partial charge is 0.356 e. The first-order valence-electron chi connectivity index (χ1n) is 8.34. The van der Waals surface area contributed by atoms with E-state index in [0.717, 1.165) is 0 Å². The third kappa shape index (κ3) is 2.83. The number of hydrogen-bond donors (Lipinski definition) is 0. The van der Waals surface area contributed by atoms with E-state index in [0.29, 0.717) is 6.04 Å². The molecule has 2 aliphatic rings. The van der Waals surface area contributed by atoms with Crippen LogP contribution in [-0.4, -0.2) is 36.1 Å². The Morgan fingerprint density at radius 3 is 2.85 bits per heavy atom. The maximum atomic E-state index is 4.72. The van der Waals surface area contributed by atoms with Crippen molar-refractivity contribution in [1.29, 1.82) is 0 Å². The third-order valence-electron chi connectivity index (χ3n) is 4.74. The average molecular weight is 273 g/mol. The molecular formula is C17H27N3. The smallest absolute Gasteiger partial charge is 0.133 e. The quantitative estimate of drug-likeness (QED) is 0.817. The zero-order chi connectivity index (χ0) is 13.8. The first-order valence-corrected chi connectivity index (χ1v) is 8.34. The molecule has 3 heterocycles. The van der Waals surface area contributed by atoms with E-state index in [1.165, 1.54) is 76.1 Å². The molecule has 0 amide bonds. The molecule has 0 bridgehead atoms. The van der Waals surface area contributed by atoms with Crippen LogP contribution in [0.3, 0.4) is 0 Å². The first-order chi connectivity index (χ1) is 9.90. The molecule has 1 aromatic heterocycles. The van der Waals surface area contributed by atoms with Gasteiger partial charge in [0.1, 0.15) is 5.82 Å². The number of likely N-dealkylation sites (tertiary alicyclic amines) is 1. The molecule has 1 aromatic rings. The molecule has 1 atom stereocenters. The van der Waals surface area contributed by atoms with Crippen molar-refractivity contribution in [2.75, 3.05) is 31.1 Å². The van der Waals surface area contributed by atoms with Gasteiger partial charge in [0.05, 0.1) is 0 Å². The fourth-order valence-electron chi connectivity index (χ4n) is 3.67. The van der Waals surface area contributed by atoms with Gasteiger partial charge in [-0.1, -0.05) is 19.4 Å². The normalized spacial score (nSPS) is 23.6. The van der Waals surface area contributed by atoms with Crippen LogP contribution in [0.2, 0.25) is 0 Å². The molecule has 3 rings (SSSR count). The van der Waals surface area contributed by atoms with Crippen LogP contribution in [0.5, 0.6) is 0 Å². The van der Waals surface area contributed by atoms with Crippen LogP contribution in [0.1, 0.15) is 57.1 Å². The molecule has 0 aromatic carbocycles. The van der Waals surface area contributed by atoms with E-state index >= 15 is 0 Å². The number of pyridine rings is 1. The van der Waals surface area contributed by atoms with E-state index < -0.39 is 0 Å². The van der Waals surface area contributed by atoms with Gasteiger partial charge >= 0.3 is 0 Å². The predicted molar refractivity (Wildman–Crippen MR) is 84.1 cm³/mol. The Labute approximate surface area is 123 Å². The molecule has 0 saturated carbocycles. The molecule has 0 aliphatic carbocycles. The average Bonchev–Trinajstić information content (AvgIpc) is 3.16. The van der Waals surface area contributed by atoms with E-state index in [1.807, 2.05) is 6.20 Å². The monoisotopic (exact) mass is 273 g/mol. The molecule has 20 heavy (non-hydrogen) atoms. The second-order valence-corrected chi connectivity index (χ2v) is 6.16. The molecule has 3 nitrogen and oxygen atoms in total. The standard InChI is InChI=1S/C17H27N3/c1-2-3-11-19-14-7-9-16(19)15-8-6-10-18-17(15)20-12-4-5-13-20/h6,8,10,16H,2-5,7,9,11-14H2,1H3/t16-/m0/s1. The van der Waals surface area contributed by atoms with Crippen LogP contribution in [-0.2, 0) is 0 Å². The van der Waals surface area contributed by atoms with Crippen molar-refractivity contribution < 1.29 is 0 Å². The number of rotatable bonds is 5. The summed E-state index contributed by atoms with van der Waals surface area (Å²) >= 11 is 0. The summed E-state index contributed by atoms with van der Waals surface area (Å²) in [7, 11) is 0. The minimum absolute atomic E-state index is 0.603. The number of hydrogen-bond acceptors (Lipinski definition) is 3. The molecular weight excluding hydrogens is 246 g/mol. The van der Waals surface area contributed by atoms with Gasteiger partial charge in [0.25, 0.3) is 0 Å². The van der Waals surface area contributed by atoms with Gasteiger partial charge in [0.2, 0.25) is 0 Å². The maximum Gasteiger partial charge on any atom is 0.133 e. The molecule has 0 radical (unpaired) electrons. The van der Waals surface area contributed by atoms with Gasteiger partial charge in [-0.05, 0) is 51.3 Å². The van der Waals surface area contributed by atoms with Crippen LogP contribution >= 0.6 is 0 Å². The summed E-state index contributed by atoms with van der Waals surface area (Å²) in [6, 6.07) is 5.03. The predicted octanol–water partition coefficient (Wildman–Crippen LogP) is 3.62. The van der Waals surface area contributed by atoms with Crippen molar-refractivity contribution in [3.8, 4) is 0 Å². The third-order valence-corrected chi connectivity index (χ3v) is 4.74. The summed E-state index contributed by atoms with van der Waals surface area (Å²) in [5.41, 5.74) is 1.48. The molecule has 2 aliphatic heterocycles. The summed E-state index contributed by atoms with van der Waals surface area (Å²) in [6.45, 7) is 7.16. The minimum atomic E-state index is 0.603. The van der Waals surface area contributed by atoms with Gasteiger partial charge in [0, 0.05) is 30.9 Å². The second-order valence-electron chi connectivity index (χ2n) is 6.16. The first kappa shape index (κ1) is 13.9. The van der Waals surface area contributed by atoms with Crippen LogP contribution < -0.4 is 4.90 Å². The van der Waals surface area contributed by atoms with Crippen molar-refractivity contribution in [3.05, 3.63) is 23.9 Å². The number of anilines is 1.